The molecule has 0 bridgehead atoms. The Bertz CT molecular complexity index is 594. The SMILES string of the molecule is COc1ccc2c(C)c(C3CCCCN3)n(C)c2c1. The predicted octanol–water partition coefficient (Wildman–Crippen LogP) is 3.31. The lowest BCUT2D eigenvalue weighted by molar-refractivity contribution is 0.398. The highest BCUT2D eigenvalue weighted by atomic mass is 16.5. The van der Waals surface area contributed by atoms with E-state index in [1.165, 1.54) is 41.4 Å². The molecule has 0 aliphatic carbocycles. The van der Waals surface area contributed by atoms with Crippen molar-refractivity contribution in [2.24, 2.45) is 7.05 Å². The highest BCUT2D eigenvalue weighted by Gasteiger charge is 2.22. The van der Waals surface area contributed by atoms with Crippen molar-refractivity contribution in [2.75, 3.05) is 13.7 Å². The molecule has 0 amide bonds. The molecule has 2 heterocycles. The van der Waals surface area contributed by atoms with Crippen LogP contribution in [0.3, 0.4) is 0 Å². The highest BCUT2D eigenvalue weighted by molar-refractivity contribution is 5.86. The number of aromatic nitrogens is 1. The number of fused-ring (bicyclic) bond motifs is 1. The van der Waals surface area contributed by atoms with Gasteiger partial charge in [0.15, 0.2) is 0 Å². The summed E-state index contributed by atoms with van der Waals surface area (Å²) in [6.45, 7) is 3.37. The van der Waals surface area contributed by atoms with Crippen molar-refractivity contribution < 1.29 is 4.74 Å². The second-order valence-corrected chi connectivity index (χ2v) is 5.45. The Hall–Kier alpha value is -1.48. The fourth-order valence-corrected chi connectivity index (χ4v) is 3.33. The zero-order chi connectivity index (χ0) is 13.4. The van der Waals surface area contributed by atoms with E-state index in [9.17, 15) is 0 Å². The Labute approximate surface area is 114 Å². The van der Waals surface area contributed by atoms with Crippen molar-refractivity contribution in [1.82, 2.24) is 9.88 Å². The quantitative estimate of drug-likeness (QED) is 0.894. The second kappa shape index (κ2) is 4.89. The molecule has 0 radical (unpaired) electrons. The maximum atomic E-state index is 5.34. The lowest BCUT2D eigenvalue weighted by Gasteiger charge is -2.25. The second-order valence-electron chi connectivity index (χ2n) is 5.45. The van der Waals surface area contributed by atoms with Crippen LogP contribution in [0, 0.1) is 6.92 Å². The first-order valence-electron chi connectivity index (χ1n) is 7.08. The van der Waals surface area contributed by atoms with Crippen LogP contribution in [0.15, 0.2) is 18.2 Å². The van der Waals surface area contributed by atoms with Gasteiger partial charge in [0.25, 0.3) is 0 Å². The van der Waals surface area contributed by atoms with Crippen molar-refractivity contribution in [2.45, 2.75) is 32.2 Å². The molecule has 19 heavy (non-hydrogen) atoms. The van der Waals surface area contributed by atoms with Crippen LogP contribution in [-0.4, -0.2) is 18.2 Å². The molecule has 2 aromatic rings. The summed E-state index contributed by atoms with van der Waals surface area (Å²) in [4.78, 5) is 0. The highest BCUT2D eigenvalue weighted by Crippen LogP contribution is 2.34. The molecule has 0 spiro atoms. The van der Waals surface area contributed by atoms with Gasteiger partial charge < -0.3 is 14.6 Å². The van der Waals surface area contributed by atoms with E-state index in [0.717, 1.165) is 12.3 Å². The first-order valence-corrected chi connectivity index (χ1v) is 7.08. The van der Waals surface area contributed by atoms with Crippen molar-refractivity contribution in [1.29, 1.82) is 0 Å². The van der Waals surface area contributed by atoms with Gasteiger partial charge in [-0.2, -0.15) is 0 Å². The number of rotatable bonds is 2. The zero-order valence-electron chi connectivity index (χ0n) is 12.0. The third kappa shape index (κ3) is 2.02. The number of nitrogens with zero attached hydrogens (tertiary/aromatic N) is 1. The molecule has 1 unspecified atom stereocenters. The van der Waals surface area contributed by atoms with Crippen LogP contribution in [0.1, 0.15) is 36.6 Å². The van der Waals surface area contributed by atoms with E-state index in [1.54, 1.807) is 7.11 Å². The minimum Gasteiger partial charge on any atom is -0.497 e. The van der Waals surface area contributed by atoms with Crippen molar-refractivity contribution in [3.05, 3.63) is 29.5 Å². The Morgan fingerprint density at radius 1 is 1.32 bits per heavy atom. The first kappa shape index (κ1) is 12.5. The molecule has 1 N–H and O–H groups in total. The van der Waals surface area contributed by atoms with Gasteiger partial charge in [-0.05, 0) is 44.0 Å². The van der Waals surface area contributed by atoms with Gasteiger partial charge in [0.1, 0.15) is 5.75 Å². The number of ether oxygens (including phenoxy) is 1. The summed E-state index contributed by atoms with van der Waals surface area (Å²) in [5, 5.41) is 4.99. The van der Waals surface area contributed by atoms with Crippen LogP contribution >= 0.6 is 0 Å². The summed E-state index contributed by atoms with van der Waals surface area (Å²) in [5.74, 6) is 0.927. The molecule has 3 nitrogen and oxygen atoms in total. The van der Waals surface area contributed by atoms with Gasteiger partial charge in [-0.25, -0.2) is 0 Å². The third-order valence-electron chi connectivity index (χ3n) is 4.36. The number of methoxy groups -OCH3 is 1. The monoisotopic (exact) mass is 258 g/mol. The molecule has 1 aromatic heterocycles. The number of aryl methyl sites for hydroxylation is 2. The molecule has 1 saturated heterocycles. The summed E-state index contributed by atoms with van der Waals surface area (Å²) in [5.41, 5.74) is 4.10. The van der Waals surface area contributed by atoms with Crippen LogP contribution < -0.4 is 10.1 Å². The van der Waals surface area contributed by atoms with Gasteiger partial charge in [-0.15, -0.1) is 0 Å². The standard InChI is InChI=1S/C16H22N2O/c1-11-13-8-7-12(19-3)10-15(13)18(2)16(11)14-6-4-5-9-17-14/h7-8,10,14,17H,4-6,9H2,1-3H3. The topological polar surface area (TPSA) is 26.2 Å². The summed E-state index contributed by atoms with van der Waals surface area (Å²) in [6, 6.07) is 6.86. The maximum Gasteiger partial charge on any atom is 0.120 e. The smallest absolute Gasteiger partial charge is 0.120 e. The van der Waals surface area contributed by atoms with Gasteiger partial charge >= 0.3 is 0 Å². The Morgan fingerprint density at radius 3 is 2.84 bits per heavy atom. The van der Waals surface area contributed by atoms with E-state index in [2.05, 4.69) is 36.0 Å². The number of nitrogens with one attached hydrogen (secondary N) is 1. The molecule has 3 rings (SSSR count). The largest absolute Gasteiger partial charge is 0.497 e. The molecule has 1 aromatic carbocycles. The predicted molar refractivity (Wildman–Crippen MR) is 78.8 cm³/mol. The summed E-state index contributed by atoms with van der Waals surface area (Å²) in [7, 11) is 3.89. The molecule has 0 saturated carbocycles. The van der Waals surface area contributed by atoms with E-state index in [0.29, 0.717) is 6.04 Å². The molecule has 1 atom stereocenters. The van der Waals surface area contributed by atoms with E-state index in [1.807, 2.05) is 6.07 Å². The van der Waals surface area contributed by atoms with Gasteiger partial charge in [-0.3, -0.25) is 0 Å². The van der Waals surface area contributed by atoms with Crippen molar-refractivity contribution in [3.63, 3.8) is 0 Å². The molecule has 3 heteroatoms. The van der Waals surface area contributed by atoms with Gasteiger partial charge in [-0.1, -0.05) is 6.42 Å². The van der Waals surface area contributed by atoms with Crippen LogP contribution in [-0.2, 0) is 7.05 Å². The van der Waals surface area contributed by atoms with E-state index in [4.69, 9.17) is 4.74 Å². The Kier molecular flexibility index (Phi) is 3.23. The third-order valence-corrected chi connectivity index (χ3v) is 4.36. The van der Waals surface area contributed by atoms with Crippen molar-refractivity contribution in [3.8, 4) is 5.75 Å². The Morgan fingerprint density at radius 2 is 2.16 bits per heavy atom. The number of hydrogen-bond acceptors (Lipinski definition) is 2. The molecule has 102 valence electrons. The van der Waals surface area contributed by atoms with Gasteiger partial charge in [0, 0.05) is 30.2 Å². The van der Waals surface area contributed by atoms with Crippen LogP contribution in [0.5, 0.6) is 5.75 Å². The average Bonchev–Trinajstić information content (AvgIpc) is 2.71. The lowest BCUT2D eigenvalue weighted by atomic mass is 9.99. The fourth-order valence-electron chi connectivity index (χ4n) is 3.33. The van der Waals surface area contributed by atoms with E-state index < -0.39 is 0 Å². The van der Waals surface area contributed by atoms with Crippen LogP contribution in [0.2, 0.25) is 0 Å². The molecular formula is C16H22N2O. The number of benzene rings is 1. The van der Waals surface area contributed by atoms with Crippen molar-refractivity contribution >= 4 is 10.9 Å². The van der Waals surface area contributed by atoms with Gasteiger partial charge in [0.2, 0.25) is 0 Å². The lowest BCUT2D eigenvalue weighted by Crippen LogP contribution is -2.28. The first-order chi connectivity index (χ1) is 9.22. The summed E-state index contributed by atoms with van der Waals surface area (Å²) in [6.07, 6.45) is 3.86. The summed E-state index contributed by atoms with van der Waals surface area (Å²) < 4.78 is 7.67. The molecule has 1 aliphatic heterocycles. The normalized spacial score (nSPS) is 19.8. The van der Waals surface area contributed by atoms with E-state index >= 15 is 0 Å². The molecular weight excluding hydrogens is 236 g/mol. The van der Waals surface area contributed by atoms with Crippen LogP contribution in [0.4, 0.5) is 0 Å². The Balaban J connectivity index is 2.13. The average molecular weight is 258 g/mol. The zero-order valence-corrected chi connectivity index (χ0v) is 12.0. The number of hydrogen-bond donors (Lipinski definition) is 1. The maximum absolute atomic E-state index is 5.34. The van der Waals surface area contributed by atoms with E-state index in [-0.39, 0.29) is 0 Å². The number of piperidine rings is 1. The minimum atomic E-state index is 0.497. The molecule has 1 fully saturated rings. The molecule has 1 aliphatic rings. The van der Waals surface area contributed by atoms with Gasteiger partial charge in [0.05, 0.1) is 12.6 Å². The minimum absolute atomic E-state index is 0.497. The van der Waals surface area contributed by atoms with Crippen LogP contribution in [0.25, 0.3) is 10.9 Å². The fraction of sp³-hybridized carbons (Fsp3) is 0.500. The summed E-state index contributed by atoms with van der Waals surface area (Å²) >= 11 is 0.